The number of benzene rings is 2. The van der Waals surface area contributed by atoms with Crippen LogP contribution in [0.25, 0.3) is 0 Å². The lowest BCUT2D eigenvalue weighted by molar-refractivity contribution is -0.117. The molecule has 0 saturated carbocycles. The van der Waals surface area contributed by atoms with Gasteiger partial charge in [0.25, 0.3) is 0 Å². The van der Waals surface area contributed by atoms with Gasteiger partial charge in [0.1, 0.15) is 0 Å². The minimum atomic E-state index is 0.0133. The highest BCUT2D eigenvalue weighted by Crippen LogP contribution is 2.14. The van der Waals surface area contributed by atoms with Crippen LogP contribution in [-0.4, -0.2) is 24.4 Å². The molecule has 0 aliphatic rings. The van der Waals surface area contributed by atoms with E-state index in [0.717, 1.165) is 12.2 Å². The van der Waals surface area contributed by atoms with Crippen molar-refractivity contribution >= 4 is 11.6 Å². The summed E-state index contributed by atoms with van der Waals surface area (Å²) in [5, 5.41) is 2.96. The van der Waals surface area contributed by atoms with E-state index in [1.54, 1.807) is 0 Å². The van der Waals surface area contributed by atoms with Crippen LogP contribution in [0.4, 0.5) is 5.69 Å². The summed E-state index contributed by atoms with van der Waals surface area (Å²) in [5.41, 5.74) is 5.78. The molecule has 2 aromatic rings. The average Bonchev–Trinajstić information content (AvgIpc) is 2.45. The smallest absolute Gasteiger partial charge is 0.238 e. The molecule has 2 rings (SSSR count). The van der Waals surface area contributed by atoms with Gasteiger partial charge >= 0.3 is 0 Å². The summed E-state index contributed by atoms with van der Waals surface area (Å²) in [6, 6.07) is 14.3. The molecule has 116 valence electrons. The number of nitrogens with one attached hydrogen (secondary N) is 1. The molecule has 0 radical (unpaired) electrons. The Labute approximate surface area is 133 Å². The first-order valence-electron chi connectivity index (χ1n) is 7.56. The highest BCUT2D eigenvalue weighted by Gasteiger charge is 2.09. The number of hydrogen-bond donors (Lipinski definition) is 1. The van der Waals surface area contributed by atoms with Crippen LogP contribution in [0.2, 0.25) is 0 Å². The summed E-state index contributed by atoms with van der Waals surface area (Å²) in [7, 11) is 1.96. The monoisotopic (exact) mass is 296 g/mol. The normalized spacial score (nSPS) is 10.8. The molecule has 0 heterocycles. The first-order valence-corrected chi connectivity index (χ1v) is 7.56. The highest BCUT2D eigenvalue weighted by molar-refractivity contribution is 5.92. The van der Waals surface area contributed by atoms with Gasteiger partial charge in [0, 0.05) is 12.2 Å². The van der Waals surface area contributed by atoms with Crippen molar-refractivity contribution in [3.05, 3.63) is 64.7 Å². The fourth-order valence-corrected chi connectivity index (χ4v) is 2.40. The third kappa shape index (κ3) is 4.43. The third-order valence-electron chi connectivity index (χ3n) is 3.91. The van der Waals surface area contributed by atoms with E-state index in [1.165, 1.54) is 22.3 Å². The van der Waals surface area contributed by atoms with Gasteiger partial charge in [-0.15, -0.1) is 0 Å². The molecule has 0 spiro atoms. The van der Waals surface area contributed by atoms with Crippen LogP contribution >= 0.6 is 0 Å². The first kappa shape index (κ1) is 16.2. The van der Waals surface area contributed by atoms with Gasteiger partial charge in [0.2, 0.25) is 5.91 Å². The molecule has 0 unspecified atom stereocenters. The lowest BCUT2D eigenvalue weighted by Gasteiger charge is -2.18. The van der Waals surface area contributed by atoms with Crippen LogP contribution in [0.15, 0.2) is 42.5 Å². The van der Waals surface area contributed by atoms with E-state index in [1.807, 2.05) is 42.3 Å². The molecule has 0 fully saturated rings. The second kappa shape index (κ2) is 7.23. The molecule has 0 bridgehead atoms. The SMILES string of the molecule is Cc1ccc(NC(=O)CN(C)Cc2ccccc2C)cc1C. The molecule has 0 aromatic heterocycles. The van der Waals surface area contributed by atoms with Crippen molar-refractivity contribution in [2.24, 2.45) is 0 Å². The minimum absolute atomic E-state index is 0.0133. The van der Waals surface area contributed by atoms with Crippen molar-refractivity contribution in [1.82, 2.24) is 4.90 Å². The molecule has 0 atom stereocenters. The van der Waals surface area contributed by atoms with E-state index < -0.39 is 0 Å². The maximum atomic E-state index is 12.1. The molecular formula is C19H24N2O. The largest absolute Gasteiger partial charge is 0.325 e. The van der Waals surface area contributed by atoms with Gasteiger partial charge in [0.15, 0.2) is 0 Å². The maximum absolute atomic E-state index is 12.1. The van der Waals surface area contributed by atoms with Crippen molar-refractivity contribution in [2.75, 3.05) is 18.9 Å². The van der Waals surface area contributed by atoms with E-state index in [0.29, 0.717) is 6.54 Å². The summed E-state index contributed by atoms with van der Waals surface area (Å²) in [5.74, 6) is 0.0133. The number of amides is 1. The fraction of sp³-hybridized carbons (Fsp3) is 0.316. The molecule has 0 saturated heterocycles. The Balaban J connectivity index is 1.91. The Morgan fingerprint density at radius 3 is 2.41 bits per heavy atom. The number of hydrogen-bond acceptors (Lipinski definition) is 2. The summed E-state index contributed by atoms with van der Waals surface area (Å²) in [6.07, 6.45) is 0. The van der Waals surface area contributed by atoms with Crippen molar-refractivity contribution in [3.63, 3.8) is 0 Å². The van der Waals surface area contributed by atoms with Crippen molar-refractivity contribution in [3.8, 4) is 0 Å². The van der Waals surface area contributed by atoms with Crippen LogP contribution in [0.3, 0.4) is 0 Å². The quantitative estimate of drug-likeness (QED) is 0.913. The topological polar surface area (TPSA) is 32.3 Å². The average molecular weight is 296 g/mol. The standard InChI is InChI=1S/C19H24N2O/c1-14-9-10-18(11-16(14)3)20-19(22)13-21(4)12-17-8-6-5-7-15(17)2/h5-11H,12-13H2,1-4H3,(H,20,22). The number of carbonyl (C=O) groups is 1. The number of carbonyl (C=O) groups excluding carboxylic acids is 1. The second-order valence-electron chi connectivity index (χ2n) is 5.95. The fourth-order valence-electron chi connectivity index (χ4n) is 2.40. The molecule has 3 heteroatoms. The predicted molar refractivity (Wildman–Crippen MR) is 92.1 cm³/mol. The van der Waals surface area contributed by atoms with Gasteiger partial charge in [-0.25, -0.2) is 0 Å². The molecule has 3 nitrogen and oxygen atoms in total. The van der Waals surface area contributed by atoms with Gasteiger partial charge in [0.05, 0.1) is 6.54 Å². The molecule has 0 aliphatic heterocycles. The van der Waals surface area contributed by atoms with E-state index in [2.05, 4.69) is 38.2 Å². The van der Waals surface area contributed by atoms with Crippen LogP contribution < -0.4 is 5.32 Å². The zero-order valence-corrected chi connectivity index (χ0v) is 13.8. The third-order valence-corrected chi connectivity index (χ3v) is 3.91. The number of likely N-dealkylation sites (N-methyl/N-ethyl adjacent to an activating group) is 1. The maximum Gasteiger partial charge on any atom is 0.238 e. The minimum Gasteiger partial charge on any atom is -0.325 e. The Bertz CT molecular complexity index is 664. The molecule has 0 aliphatic carbocycles. The van der Waals surface area contributed by atoms with E-state index in [4.69, 9.17) is 0 Å². The zero-order chi connectivity index (χ0) is 16.1. The Kier molecular flexibility index (Phi) is 5.34. The van der Waals surface area contributed by atoms with Crippen LogP contribution in [-0.2, 0) is 11.3 Å². The molecule has 2 aromatic carbocycles. The number of rotatable bonds is 5. The van der Waals surface area contributed by atoms with Crippen LogP contribution in [0.5, 0.6) is 0 Å². The molecule has 1 amide bonds. The second-order valence-corrected chi connectivity index (χ2v) is 5.95. The van der Waals surface area contributed by atoms with Gasteiger partial charge in [-0.2, -0.15) is 0 Å². The Morgan fingerprint density at radius 1 is 1.00 bits per heavy atom. The predicted octanol–water partition coefficient (Wildman–Crippen LogP) is 3.68. The van der Waals surface area contributed by atoms with Crippen LogP contribution in [0, 0.1) is 20.8 Å². The number of aryl methyl sites for hydroxylation is 3. The van der Waals surface area contributed by atoms with Gasteiger partial charge in [-0.05, 0) is 62.2 Å². The Hall–Kier alpha value is -2.13. The van der Waals surface area contributed by atoms with Gasteiger partial charge < -0.3 is 5.32 Å². The van der Waals surface area contributed by atoms with E-state index in [9.17, 15) is 4.79 Å². The summed E-state index contributed by atoms with van der Waals surface area (Å²) >= 11 is 0. The van der Waals surface area contributed by atoms with Crippen LogP contribution in [0.1, 0.15) is 22.3 Å². The lowest BCUT2D eigenvalue weighted by atomic mass is 10.1. The molecular weight excluding hydrogens is 272 g/mol. The number of nitrogens with zero attached hydrogens (tertiary/aromatic N) is 1. The molecule has 1 N–H and O–H groups in total. The lowest BCUT2D eigenvalue weighted by Crippen LogP contribution is -2.30. The van der Waals surface area contributed by atoms with Gasteiger partial charge in [-0.3, -0.25) is 9.69 Å². The van der Waals surface area contributed by atoms with Crippen molar-refractivity contribution < 1.29 is 4.79 Å². The highest BCUT2D eigenvalue weighted by atomic mass is 16.2. The summed E-state index contributed by atoms with van der Waals surface area (Å²) < 4.78 is 0. The first-order chi connectivity index (χ1) is 10.5. The summed E-state index contributed by atoms with van der Waals surface area (Å²) in [4.78, 5) is 14.2. The van der Waals surface area contributed by atoms with E-state index >= 15 is 0 Å². The number of anilines is 1. The molecule has 22 heavy (non-hydrogen) atoms. The van der Waals surface area contributed by atoms with E-state index in [-0.39, 0.29) is 5.91 Å². The van der Waals surface area contributed by atoms with Crippen molar-refractivity contribution in [2.45, 2.75) is 27.3 Å². The Morgan fingerprint density at radius 2 is 1.73 bits per heavy atom. The van der Waals surface area contributed by atoms with Gasteiger partial charge in [-0.1, -0.05) is 30.3 Å². The van der Waals surface area contributed by atoms with Crippen molar-refractivity contribution in [1.29, 1.82) is 0 Å². The zero-order valence-electron chi connectivity index (χ0n) is 13.8. The summed E-state index contributed by atoms with van der Waals surface area (Å²) in [6.45, 7) is 7.36.